The second-order valence-corrected chi connectivity index (χ2v) is 9.84. The number of nitrogens with one attached hydrogen (secondary N) is 2. The van der Waals surface area contributed by atoms with E-state index in [0.29, 0.717) is 5.75 Å². The van der Waals surface area contributed by atoms with E-state index in [0.717, 1.165) is 31.7 Å². The smallest absolute Gasteiger partial charge is 0.241 e. The number of carbonyl (C=O) groups excluding carboxylic acids is 1. The molecule has 8 nitrogen and oxygen atoms in total. The molecule has 174 valence electrons. The Hall–Kier alpha value is -2.62. The second kappa shape index (κ2) is 10.3. The highest BCUT2D eigenvalue weighted by Gasteiger charge is 2.23. The van der Waals surface area contributed by atoms with Crippen LogP contribution < -0.4 is 19.7 Å². The molecule has 1 aliphatic rings. The molecule has 1 heterocycles. The average Bonchev–Trinajstić information content (AvgIpc) is 2.79. The number of methoxy groups -OCH3 is 1. The van der Waals surface area contributed by atoms with Crippen LogP contribution in [0.2, 0.25) is 0 Å². The van der Waals surface area contributed by atoms with E-state index in [-0.39, 0.29) is 10.9 Å². The van der Waals surface area contributed by atoms with Crippen molar-refractivity contribution in [2.45, 2.75) is 30.8 Å². The molecule has 1 aliphatic heterocycles. The first-order chi connectivity index (χ1) is 15.2. The summed E-state index contributed by atoms with van der Waals surface area (Å²) < 4.78 is 32.6. The van der Waals surface area contributed by atoms with Crippen molar-refractivity contribution in [2.24, 2.45) is 0 Å². The Labute approximate surface area is 190 Å². The number of amides is 1. The number of anilines is 1. The van der Waals surface area contributed by atoms with E-state index in [9.17, 15) is 13.2 Å². The van der Waals surface area contributed by atoms with Crippen LogP contribution in [0.1, 0.15) is 25.5 Å². The standard InChI is InChI=1S/C23H32N4O4S/c1-17(19-5-7-20(8-6-19)27-15-13-26(3)14-16-27)24-23(28)18(2)25-32(29,30)22-11-9-21(31-4)10-12-22/h5-12,17-18,25H,13-16H2,1-4H3,(H,24,28)/t17?,18-/m1/s1. The zero-order valence-electron chi connectivity index (χ0n) is 19.0. The minimum absolute atomic E-state index is 0.0745. The van der Waals surface area contributed by atoms with E-state index in [1.54, 1.807) is 12.1 Å². The summed E-state index contributed by atoms with van der Waals surface area (Å²) in [6, 6.07) is 13.0. The van der Waals surface area contributed by atoms with E-state index in [1.807, 2.05) is 19.1 Å². The number of nitrogens with zero attached hydrogens (tertiary/aromatic N) is 2. The van der Waals surface area contributed by atoms with Gasteiger partial charge in [0.2, 0.25) is 15.9 Å². The summed E-state index contributed by atoms with van der Waals surface area (Å²) in [6.45, 7) is 7.48. The van der Waals surface area contributed by atoms with Crippen LogP contribution >= 0.6 is 0 Å². The zero-order chi connectivity index (χ0) is 23.3. The molecule has 1 unspecified atom stereocenters. The van der Waals surface area contributed by atoms with Crippen molar-refractivity contribution in [1.29, 1.82) is 0 Å². The minimum atomic E-state index is -3.83. The molecule has 3 rings (SSSR count). The third-order valence-corrected chi connectivity index (χ3v) is 7.27. The summed E-state index contributed by atoms with van der Waals surface area (Å²) in [7, 11) is -0.190. The maximum absolute atomic E-state index is 12.6. The van der Waals surface area contributed by atoms with Gasteiger partial charge in [-0.15, -0.1) is 0 Å². The SMILES string of the molecule is COc1ccc(S(=O)(=O)N[C@H](C)C(=O)NC(C)c2ccc(N3CCN(C)CC3)cc2)cc1. The van der Waals surface area contributed by atoms with Crippen molar-refractivity contribution in [3.05, 3.63) is 54.1 Å². The summed E-state index contributed by atoms with van der Waals surface area (Å²) in [5.41, 5.74) is 2.13. The highest BCUT2D eigenvalue weighted by atomic mass is 32.2. The average molecular weight is 461 g/mol. The monoisotopic (exact) mass is 460 g/mol. The van der Waals surface area contributed by atoms with Gasteiger partial charge in [0.15, 0.2) is 0 Å². The fraction of sp³-hybridized carbons (Fsp3) is 0.435. The third kappa shape index (κ3) is 5.99. The minimum Gasteiger partial charge on any atom is -0.497 e. The van der Waals surface area contributed by atoms with E-state index < -0.39 is 22.0 Å². The van der Waals surface area contributed by atoms with Crippen molar-refractivity contribution in [2.75, 3.05) is 45.2 Å². The molecule has 2 aromatic carbocycles. The quantitative estimate of drug-likeness (QED) is 0.626. The number of likely N-dealkylation sites (N-methyl/N-ethyl adjacent to an activating group) is 1. The molecular weight excluding hydrogens is 428 g/mol. The van der Waals surface area contributed by atoms with Crippen LogP contribution in [0.5, 0.6) is 5.75 Å². The van der Waals surface area contributed by atoms with Crippen molar-refractivity contribution in [3.63, 3.8) is 0 Å². The number of hydrogen-bond acceptors (Lipinski definition) is 6. The number of sulfonamides is 1. The Balaban J connectivity index is 1.57. The van der Waals surface area contributed by atoms with E-state index in [1.165, 1.54) is 31.9 Å². The Morgan fingerprint density at radius 1 is 0.969 bits per heavy atom. The van der Waals surface area contributed by atoms with Gasteiger partial charge in [-0.2, -0.15) is 4.72 Å². The topological polar surface area (TPSA) is 91.0 Å². The number of carbonyl (C=O) groups is 1. The number of benzene rings is 2. The van der Waals surface area contributed by atoms with Gasteiger partial charge >= 0.3 is 0 Å². The normalized spacial score (nSPS) is 16.9. The summed E-state index contributed by atoms with van der Waals surface area (Å²) >= 11 is 0. The summed E-state index contributed by atoms with van der Waals surface area (Å²) in [4.78, 5) is 17.3. The molecule has 32 heavy (non-hydrogen) atoms. The van der Waals surface area contributed by atoms with Gasteiger partial charge in [-0.1, -0.05) is 12.1 Å². The fourth-order valence-corrected chi connectivity index (χ4v) is 4.77. The van der Waals surface area contributed by atoms with Gasteiger partial charge in [-0.25, -0.2) is 8.42 Å². The maximum atomic E-state index is 12.6. The molecule has 2 atom stereocenters. The van der Waals surface area contributed by atoms with Gasteiger partial charge in [0.1, 0.15) is 5.75 Å². The third-order valence-electron chi connectivity index (χ3n) is 5.72. The Morgan fingerprint density at radius 3 is 2.12 bits per heavy atom. The summed E-state index contributed by atoms with van der Waals surface area (Å²) in [5, 5.41) is 2.89. The molecule has 1 fully saturated rings. The molecule has 9 heteroatoms. The van der Waals surface area contributed by atoms with Crippen LogP contribution in [-0.2, 0) is 14.8 Å². The number of rotatable bonds is 8. The van der Waals surface area contributed by atoms with Gasteiger partial charge in [0.25, 0.3) is 0 Å². The predicted molar refractivity (Wildman–Crippen MR) is 125 cm³/mol. The predicted octanol–water partition coefficient (Wildman–Crippen LogP) is 1.99. The number of hydrogen-bond donors (Lipinski definition) is 2. The van der Waals surface area contributed by atoms with Crippen LogP contribution in [0, 0.1) is 0 Å². The molecule has 0 aliphatic carbocycles. The lowest BCUT2D eigenvalue weighted by atomic mass is 10.1. The van der Waals surface area contributed by atoms with Crippen molar-refractivity contribution >= 4 is 21.6 Å². The molecule has 2 aromatic rings. The highest BCUT2D eigenvalue weighted by Crippen LogP contribution is 2.21. The van der Waals surface area contributed by atoms with Crippen LogP contribution in [-0.4, -0.2) is 65.6 Å². The molecular formula is C23H32N4O4S. The van der Waals surface area contributed by atoms with Crippen LogP contribution in [0.15, 0.2) is 53.4 Å². The molecule has 2 N–H and O–H groups in total. The molecule has 0 bridgehead atoms. The van der Waals surface area contributed by atoms with Crippen LogP contribution in [0.4, 0.5) is 5.69 Å². The molecule has 0 saturated carbocycles. The first-order valence-corrected chi connectivity index (χ1v) is 12.2. The molecule has 1 amide bonds. The molecule has 0 aromatic heterocycles. The van der Waals surface area contributed by atoms with E-state index >= 15 is 0 Å². The Bertz CT molecular complexity index is 1000. The van der Waals surface area contributed by atoms with Crippen LogP contribution in [0.25, 0.3) is 0 Å². The van der Waals surface area contributed by atoms with Crippen molar-refractivity contribution in [1.82, 2.24) is 14.9 Å². The lowest BCUT2D eigenvalue weighted by Crippen LogP contribution is -2.45. The zero-order valence-corrected chi connectivity index (χ0v) is 19.9. The van der Waals surface area contributed by atoms with Crippen molar-refractivity contribution < 1.29 is 17.9 Å². The van der Waals surface area contributed by atoms with Gasteiger partial charge in [0, 0.05) is 31.9 Å². The van der Waals surface area contributed by atoms with Gasteiger partial charge in [-0.3, -0.25) is 4.79 Å². The van der Waals surface area contributed by atoms with E-state index in [4.69, 9.17) is 4.74 Å². The largest absolute Gasteiger partial charge is 0.497 e. The first kappa shape index (κ1) is 24.0. The number of ether oxygens (including phenoxy) is 1. The first-order valence-electron chi connectivity index (χ1n) is 10.7. The second-order valence-electron chi connectivity index (χ2n) is 8.13. The highest BCUT2D eigenvalue weighted by molar-refractivity contribution is 7.89. The molecule has 0 radical (unpaired) electrons. The van der Waals surface area contributed by atoms with Crippen molar-refractivity contribution in [3.8, 4) is 5.75 Å². The molecule has 1 saturated heterocycles. The van der Waals surface area contributed by atoms with Gasteiger partial charge in [-0.05, 0) is 62.9 Å². The van der Waals surface area contributed by atoms with Crippen LogP contribution in [0.3, 0.4) is 0 Å². The maximum Gasteiger partial charge on any atom is 0.241 e. The lowest BCUT2D eigenvalue weighted by Gasteiger charge is -2.34. The van der Waals surface area contributed by atoms with E-state index in [2.05, 4.69) is 39.0 Å². The summed E-state index contributed by atoms with van der Waals surface area (Å²) in [6.07, 6.45) is 0. The Kier molecular flexibility index (Phi) is 7.76. The number of piperazine rings is 1. The fourth-order valence-electron chi connectivity index (χ4n) is 3.57. The Morgan fingerprint density at radius 2 is 1.56 bits per heavy atom. The van der Waals surface area contributed by atoms with Gasteiger partial charge < -0.3 is 19.9 Å². The summed E-state index contributed by atoms with van der Waals surface area (Å²) in [5.74, 6) is 0.167. The van der Waals surface area contributed by atoms with Gasteiger partial charge in [0.05, 0.1) is 24.1 Å². The molecule has 0 spiro atoms. The lowest BCUT2D eigenvalue weighted by molar-refractivity contribution is -0.123.